The summed E-state index contributed by atoms with van der Waals surface area (Å²) in [6.07, 6.45) is 5.92. The number of aliphatic hydroxyl groups is 1. The van der Waals surface area contributed by atoms with E-state index in [-0.39, 0.29) is 18.1 Å². The monoisotopic (exact) mass is 268 g/mol. The Morgan fingerprint density at radius 1 is 1.26 bits per heavy atom. The van der Waals surface area contributed by atoms with Crippen LogP contribution < -0.4 is 5.32 Å². The maximum absolute atomic E-state index is 12.5. The Labute approximate surface area is 116 Å². The fourth-order valence-electron chi connectivity index (χ4n) is 3.39. The van der Waals surface area contributed by atoms with E-state index in [1.807, 2.05) is 7.05 Å². The second kappa shape index (κ2) is 6.23. The van der Waals surface area contributed by atoms with E-state index in [9.17, 15) is 9.90 Å². The summed E-state index contributed by atoms with van der Waals surface area (Å²) in [7, 11) is 1.91. The number of carbonyl (C=O) groups is 1. The summed E-state index contributed by atoms with van der Waals surface area (Å²) in [6, 6.07) is 0. The molecule has 4 heteroatoms. The zero-order valence-electron chi connectivity index (χ0n) is 12.3. The number of likely N-dealkylation sites (N-methyl/N-ethyl adjacent to an activating group) is 1. The van der Waals surface area contributed by atoms with Gasteiger partial charge in [-0.15, -0.1) is 0 Å². The average molecular weight is 268 g/mol. The van der Waals surface area contributed by atoms with E-state index in [4.69, 9.17) is 0 Å². The van der Waals surface area contributed by atoms with Crippen LogP contribution in [0.5, 0.6) is 0 Å². The Balaban J connectivity index is 1.85. The number of rotatable bonds is 3. The van der Waals surface area contributed by atoms with Crippen molar-refractivity contribution in [1.29, 1.82) is 0 Å². The number of nitrogens with one attached hydrogen (secondary N) is 1. The minimum Gasteiger partial charge on any atom is -0.394 e. The number of hydrogen-bond acceptors (Lipinski definition) is 3. The number of aliphatic hydroxyl groups excluding tert-OH is 1. The smallest absolute Gasteiger partial charge is 0.225 e. The molecule has 0 bridgehead atoms. The average Bonchev–Trinajstić information content (AvgIpc) is 2.47. The van der Waals surface area contributed by atoms with Crippen molar-refractivity contribution < 1.29 is 9.90 Å². The fourth-order valence-corrected chi connectivity index (χ4v) is 3.39. The third kappa shape index (κ3) is 3.29. The molecule has 0 aromatic heterocycles. The van der Waals surface area contributed by atoms with Crippen LogP contribution in [0.25, 0.3) is 0 Å². The lowest BCUT2D eigenvalue weighted by atomic mass is 9.76. The highest BCUT2D eigenvalue weighted by Gasteiger charge is 2.37. The Hall–Kier alpha value is -0.610. The standard InChI is InChI=1S/C15H28N2O2/c1-12-5-9-17(10-6-12)14(19)13-3-7-15(11-18,16-2)8-4-13/h12-13,16,18H,3-11H2,1-2H3. The van der Waals surface area contributed by atoms with Crippen molar-refractivity contribution in [2.24, 2.45) is 11.8 Å². The molecule has 0 aromatic rings. The van der Waals surface area contributed by atoms with Gasteiger partial charge in [0.25, 0.3) is 0 Å². The summed E-state index contributed by atoms with van der Waals surface area (Å²) >= 11 is 0. The molecule has 0 spiro atoms. The van der Waals surface area contributed by atoms with E-state index in [1.54, 1.807) is 0 Å². The Morgan fingerprint density at radius 2 is 1.84 bits per heavy atom. The number of carbonyl (C=O) groups excluding carboxylic acids is 1. The van der Waals surface area contributed by atoms with Crippen LogP contribution in [0.1, 0.15) is 45.4 Å². The van der Waals surface area contributed by atoms with Crippen molar-refractivity contribution >= 4 is 5.91 Å². The zero-order valence-corrected chi connectivity index (χ0v) is 12.3. The maximum atomic E-state index is 12.5. The summed E-state index contributed by atoms with van der Waals surface area (Å²) < 4.78 is 0. The molecule has 110 valence electrons. The first-order valence-electron chi connectivity index (χ1n) is 7.69. The van der Waals surface area contributed by atoms with Crippen molar-refractivity contribution in [1.82, 2.24) is 10.2 Å². The van der Waals surface area contributed by atoms with Crippen LogP contribution in [0.2, 0.25) is 0 Å². The molecular formula is C15H28N2O2. The van der Waals surface area contributed by atoms with Gasteiger partial charge in [-0.2, -0.15) is 0 Å². The van der Waals surface area contributed by atoms with Crippen LogP contribution in [0.4, 0.5) is 0 Å². The van der Waals surface area contributed by atoms with Crippen LogP contribution in [0.3, 0.4) is 0 Å². The van der Waals surface area contributed by atoms with Crippen molar-refractivity contribution in [2.75, 3.05) is 26.7 Å². The number of nitrogens with zero attached hydrogens (tertiary/aromatic N) is 1. The summed E-state index contributed by atoms with van der Waals surface area (Å²) in [5.41, 5.74) is -0.146. The molecule has 1 amide bonds. The van der Waals surface area contributed by atoms with Gasteiger partial charge in [0.15, 0.2) is 0 Å². The molecule has 1 aliphatic carbocycles. The lowest BCUT2D eigenvalue weighted by Gasteiger charge is -2.40. The van der Waals surface area contributed by atoms with Gasteiger partial charge < -0.3 is 15.3 Å². The Bertz CT molecular complexity index is 297. The molecule has 2 fully saturated rings. The molecule has 1 saturated carbocycles. The normalized spacial score (nSPS) is 33.4. The highest BCUT2D eigenvalue weighted by Crippen LogP contribution is 2.33. The molecule has 0 atom stereocenters. The first kappa shape index (κ1) is 14.8. The first-order chi connectivity index (χ1) is 9.10. The molecule has 0 radical (unpaired) electrons. The number of hydrogen-bond donors (Lipinski definition) is 2. The van der Waals surface area contributed by atoms with Gasteiger partial charge in [-0.3, -0.25) is 4.79 Å². The van der Waals surface area contributed by atoms with Crippen LogP contribution in [-0.2, 0) is 4.79 Å². The molecule has 1 heterocycles. The number of amides is 1. The maximum Gasteiger partial charge on any atom is 0.225 e. The highest BCUT2D eigenvalue weighted by molar-refractivity contribution is 5.79. The topological polar surface area (TPSA) is 52.6 Å². The van der Waals surface area contributed by atoms with Gasteiger partial charge in [-0.1, -0.05) is 6.92 Å². The largest absolute Gasteiger partial charge is 0.394 e. The minimum atomic E-state index is -0.146. The molecule has 2 aliphatic rings. The van der Waals surface area contributed by atoms with Gasteiger partial charge in [0.2, 0.25) is 5.91 Å². The lowest BCUT2D eigenvalue weighted by molar-refractivity contribution is -0.138. The second-order valence-corrected chi connectivity index (χ2v) is 6.47. The van der Waals surface area contributed by atoms with E-state index in [0.717, 1.165) is 57.5 Å². The quantitative estimate of drug-likeness (QED) is 0.813. The van der Waals surface area contributed by atoms with Crippen molar-refractivity contribution in [3.05, 3.63) is 0 Å². The lowest BCUT2D eigenvalue weighted by Crippen LogP contribution is -2.51. The van der Waals surface area contributed by atoms with Crippen LogP contribution in [-0.4, -0.2) is 48.2 Å². The van der Waals surface area contributed by atoms with Crippen LogP contribution in [0.15, 0.2) is 0 Å². The van der Waals surface area contributed by atoms with Gasteiger partial charge in [0, 0.05) is 24.5 Å². The molecule has 2 rings (SSSR count). The summed E-state index contributed by atoms with van der Waals surface area (Å²) in [6.45, 7) is 4.32. The van der Waals surface area contributed by atoms with Crippen LogP contribution >= 0.6 is 0 Å². The fraction of sp³-hybridized carbons (Fsp3) is 0.933. The third-order valence-electron chi connectivity index (χ3n) is 5.22. The second-order valence-electron chi connectivity index (χ2n) is 6.47. The van der Waals surface area contributed by atoms with Gasteiger partial charge >= 0.3 is 0 Å². The van der Waals surface area contributed by atoms with E-state index in [0.29, 0.717) is 5.91 Å². The molecule has 19 heavy (non-hydrogen) atoms. The van der Waals surface area contributed by atoms with E-state index < -0.39 is 0 Å². The molecule has 4 nitrogen and oxygen atoms in total. The SMILES string of the molecule is CNC1(CO)CCC(C(=O)N2CCC(C)CC2)CC1. The number of likely N-dealkylation sites (tertiary alicyclic amines) is 1. The van der Waals surface area contributed by atoms with Crippen molar-refractivity contribution in [3.63, 3.8) is 0 Å². The Kier molecular flexibility index (Phi) is 4.85. The van der Waals surface area contributed by atoms with Gasteiger partial charge in [-0.25, -0.2) is 0 Å². The third-order valence-corrected chi connectivity index (χ3v) is 5.22. The van der Waals surface area contributed by atoms with Crippen molar-refractivity contribution in [2.45, 2.75) is 51.0 Å². The van der Waals surface area contributed by atoms with E-state index in [1.165, 1.54) is 0 Å². The van der Waals surface area contributed by atoms with Crippen LogP contribution in [0, 0.1) is 11.8 Å². The zero-order chi connectivity index (χ0) is 13.9. The Morgan fingerprint density at radius 3 is 2.32 bits per heavy atom. The summed E-state index contributed by atoms with van der Waals surface area (Å²) in [5.74, 6) is 1.30. The first-order valence-corrected chi connectivity index (χ1v) is 7.69. The molecule has 2 N–H and O–H groups in total. The summed E-state index contributed by atoms with van der Waals surface area (Å²) in [5, 5.41) is 12.7. The van der Waals surface area contributed by atoms with E-state index in [2.05, 4.69) is 17.1 Å². The van der Waals surface area contributed by atoms with Gasteiger partial charge in [0.05, 0.1) is 6.61 Å². The predicted octanol–water partition coefficient (Wildman–Crippen LogP) is 1.39. The molecule has 1 aliphatic heterocycles. The van der Waals surface area contributed by atoms with Crippen molar-refractivity contribution in [3.8, 4) is 0 Å². The summed E-state index contributed by atoms with van der Waals surface area (Å²) in [4.78, 5) is 14.6. The number of piperidine rings is 1. The highest BCUT2D eigenvalue weighted by atomic mass is 16.3. The molecule has 0 aromatic carbocycles. The molecule has 0 unspecified atom stereocenters. The predicted molar refractivity (Wildman–Crippen MR) is 75.8 cm³/mol. The molecular weight excluding hydrogens is 240 g/mol. The van der Waals surface area contributed by atoms with E-state index >= 15 is 0 Å². The van der Waals surface area contributed by atoms with Gasteiger partial charge in [0.1, 0.15) is 0 Å². The minimum absolute atomic E-state index is 0.146. The van der Waals surface area contributed by atoms with Gasteiger partial charge in [-0.05, 0) is 51.5 Å². The molecule has 1 saturated heterocycles.